The Morgan fingerprint density at radius 1 is 1.50 bits per heavy atom. The van der Waals surface area contributed by atoms with Crippen LogP contribution in [0.1, 0.15) is 36.1 Å². The average Bonchev–Trinajstić information content (AvgIpc) is 2.75. The molecule has 0 fully saturated rings. The maximum atomic E-state index is 8.79. The standard InChI is InChI=1S/C12H18N2OS/c1-9(5-6-15)8-14-10(2)12-4-3-11(7-13)16-12/h3-4,9-10,14-15H,5-6,8H2,1-2H3. The van der Waals surface area contributed by atoms with Gasteiger partial charge in [-0.15, -0.1) is 11.3 Å². The number of hydrogen-bond acceptors (Lipinski definition) is 4. The van der Waals surface area contributed by atoms with E-state index >= 15 is 0 Å². The molecule has 0 aromatic carbocycles. The lowest BCUT2D eigenvalue weighted by Gasteiger charge is -2.15. The van der Waals surface area contributed by atoms with Crippen LogP contribution in [-0.4, -0.2) is 18.3 Å². The van der Waals surface area contributed by atoms with E-state index in [1.54, 1.807) is 0 Å². The first-order valence-corrected chi connectivity index (χ1v) is 6.33. The maximum absolute atomic E-state index is 8.79. The number of nitrogens with one attached hydrogen (secondary N) is 1. The molecular formula is C12H18N2OS. The van der Waals surface area contributed by atoms with Gasteiger partial charge in [0.1, 0.15) is 10.9 Å². The third-order valence-electron chi connectivity index (χ3n) is 2.56. The van der Waals surface area contributed by atoms with E-state index in [1.165, 1.54) is 16.2 Å². The maximum Gasteiger partial charge on any atom is 0.110 e. The third kappa shape index (κ3) is 3.93. The van der Waals surface area contributed by atoms with Crippen LogP contribution in [0.25, 0.3) is 0 Å². The number of thiophene rings is 1. The van der Waals surface area contributed by atoms with Gasteiger partial charge in [-0.2, -0.15) is 5.26 Å². The Kier molecular flexibility index (Phi) is 5.47. The van der Waals surface area contributed by atoms with Gasteiger partial charge < -0.3 is 10.4 Å². The number of aliphatic hydroxyl groups is 1. The Bertz CT molecular complexity index is 356. The quantitative estimate of drug-likeness (QED) is 0.799. The largest absolute Gasteiger partial charge is 0.396 e. The Labute approximate surface area is 101 Å². The SMILES string of the molecule is CC(CCO)CNC(C)c1ccc(C#N)s1. The first-order valence-electron chi connectivity index (χ1n) is 5.51. The van der Waals surface area contributed by atoms with Crippen molar-refractivity contribution in [2.75, 3.05) is 13.2 Å². The molecular weight excluding hydrogens is 220 g/mol. The molecule has 2 N–H and O–H groups in total. The molecule has 0 radical (unpaired) electrons. The Hall–Kier alpha value is -0.890. The van der Waals surface area contributed by atoms with Crippen LogP contribution in [-0.2, 0) is 0 Å². The molecule has 2 atom stereocenters. The van der Waals surface area contributed by atoms with Gasteiger partial charge in [0.05, 0.1) is 0 Å². The zero-order valence-corrected chi connectivity index (χ0v) is 10.5. The van der Waals surface area contributed by atoms with Crippen LogP contribution < -0.4 is 5.32 Å². The molecule has 0 bridgehead atoms. The molecule has 0 aliphatic heterocycles. The number of nitriles is 1. The first-order chi connectivity index (χ1) is 7.67. The summed E-state index contributed by atoms with van der Waals surface area (Å²) in [5.74, 6) is 0.475. The van der Waals surface area contributed by atoms with Gasteiger partial charge in [-0.1, -0.05) is 6.92 Å². The normalized spacial score (nSPS) is 14.4. The van der Waals surface area contributed by atoms with Gasteiger partial charge >= 0.3 is 0 Å². The van der Waals surface area contributed by atoms with E-state index in [2.05, 4.69) is 25.2 Å². The number of nitrogens with zero attached hydrogens (tertiary/aromatic N) is 1. The summed E-state index contributed by atoms with van der Waals surface area (Å²) < 4.78 is 0. The van der Waals surface area contributed by atoms with Crippen molar-refractivity contribution < 1.29 is 5.11 Å². The summed E-state index contributed by atoms with van der Waals surface area (Å²) in [6.45, 7) is 5.35. The van der Waals surface area contributed by atoms with E-state index in [1.807, 2.05) is 12.1 Å². The number of hydrogen-bond donors (Lipinski definition) is 2. The summed E-state index contributed by atoms with van der Waals surface area (Å²) in [6, 6.07) is 6.27. The molecule has 0 aliphatic carbocycles. The van der Waals surface area contributed by atoms with Gasteiger partial charge in [-0.25, -0.2) is 0 Å². The van der Waals surface area contributed by atoms with Crippen molar-refractivity contribution in [2.24, 2.45) is 5.92 Å². The summed E-state index contributed by atoms with van der Waals surface area (Å²) in [5, 5.41) is 20.9. The molecule has 1 rings (SSSR count). The van der Waals surface area contributed by atoms with Crippen LogP contribution in [0.15, 0.2) is 12.1 Å². The second-order valence-corrected chi connectivity index (χ2v) is 5.18. The lowest BCUT2D eigenvalue weighted by molar-refractivity contribution is 0.258. The van der Waals surface area contributed by atoms with Crippen molar-refractivity contribution in [3.8, 4) is 6.07 Å². The second kappa shape index (κ2) is 6.64. The van der Waals surface area contributed by atoms with E-state index in [0.29, 0.717) is 5.92 Å². The van der Waals surface area contributed by atoms with Crippen molar-refractivity contribution >= 4 is 11.3 Å². The van der Waals surface area contributed by atoms with Crippen LogP contribution in [0.4, 0.5) is 0 Å². The predicted octanol–water partition coefficient (Wildman–Crippen LogP) is 2.29. The summed E-state index contributed by atoms with van der Waals surface area (Å²) in [7, 11) is 0. The van der Waals surface area contributed by atoms with E-state index in [9.17, 15) is 0 Å². The van der Waals surface area contributed by atoms with Gasteiger partial charge in [0.2, 0.25) is 0 Å². The Morgan fingerprint density at radius 2 is 2.25 bits per heavy atom. The molecule has 0 spiro atoms. The Morgan fingerprint density at radius 3 is 2.81 bits per heavy atom. The van der Waals surface area contributed by atoms with Gasteiger partial charge in [0.25, 0.3) is 0 Å². The lowest BCUT2D eigenvalue weighted by atomic mass is 10.1. The van der Waals surface area contributed by atoms with E-state index in [0.717, 1.165) is 17.8 Å². The minimum Gasteiger partial charge on any atom is -0.396 e. The van der Waals surface area contributed by atoms with E-state index in [-0.39, 0.29) is 12.6 Å². The summed E-state index contributed by atoms with van der Waals surface area (Å²) in [6.07, 6.45) is 0.827. The van der Waals surface area contributed by atoms with Crippen LogP contribution in [0.5, 0.6) is 0 Å². The zero-order chi connectivity index (χ0) is 12.0. The summed E-state index contributed by atoms with van der Waals surface area (Å²) in [5.41, 5.74) is 0. The zero-order valence-electron chi connectivity index (χ0n) is 9.73. The molecule has 0 aliphatic rings. The smallest absolute Gasteiger partial charge is 0.110 e. The molecule has 0 amide bonds. The molecule has 2 unspecified atom stereocenters. The monoisotopic (exact) mass is 238 g/mol. The van der Waals surface area contributed by atoms with Crippen LogP contribution in [0, 0.1) is 17.2 Å². The van der Waals surface area contributed by atoms with Gasteiger partial charge in [0.15, 0.2) is 0 Å². The Balaban J connectivity index is 2.40. The fraction of sp³-hybridized carbons (Fsp3) is 0.583. The lowest BCUT2D eigenvalue weighted by Crippen LogP contribution is -2.24. The second-order valence-electron chi connectivity index (χ2n) is 4.06. The van der Waals surface area contributed by atoms with Gasteiger partial charge in [0, 0.05) is 17.5 Å². The molecule has 0 saturated heterocycles. The molecule has 4 heteroatoms. The van der Waals surface area contributed by atoms with Crippen molar-refractivity contribution in [3.05, 3.63) is 21.9 Å². The summed E-state index contributed by atoms with van der Waals surface area (Å²) in [4.78, 5) is 1.94. The highest BCUT2D eigenvalue weighted by Gasteiger charge is 2.09. The van der Waals surface area contributed by atoms with Crippen molar-refractivity contribution in [2.45, 2.75) is 26.3 Å². The molecule has 1 aromatic rings. The topological polar surface area (TPSA) is 56.0 Å². The van der Waals surface area contributed by atoms with Crippen molar-refractivity contribution in [1.29, 1.82) is 5.26 Å². The highest BCUT2D eigenvalue weighted by atomic mass is 32.1. The van der Waals surface area contributed by atoms with Crippen LogP contribution in [0.2, 0.25) is 0 Å². The summed E-state index contributed by atoms with van der Waals surface area (Å²) >= 11 is 1.53. The minimum atomic E-state index is 0.245. The fourth-order valence-electron chi connectivity index (χ4n) is 1.45. The molecule has 0 saturated carbocycles. The highest BCUT2D eigenvalue weighted by molar-refractivity contribution is 7.12. The molecule has 3 nitrogen and oxygen atoms in total. The molecule has 1 heterocycles. The van der Waals surface area contributed by atoms with Crippen LogP contribution >= 0.6 is 11.3 Å². The first kappa shape index (κ1) is 13.2. The van der Waals surface area contributed by atoms with Gasteiger partial charge in [-0.05, 0) is 37.9 Å². The van der Waals surface area contributed by atoms with Crippen molar-refractivity contribution in [3.63, 3.8) is 0 Å². The van der Waals surface area contributed by atoms with Gasteiger partial charge in [-0.3, -0.25) is 0 Å². The predicted molar refractivity (Wildman–Crippen MR) is 66.3 cm³/mol. The van der Waals surface area contributed by atoms with E-state index < -0.39 is 0 Å². The van der Waals surface area contributed by atoms with E-state index in [4.69, 9.17) is 10.4 Å². The molecule has 1 aromatic heterocycles. The molecule has 16 heavy (non-hydrogen) atoms. The molecule has 88 valence electrons. The third-order valence-corrected chi connectivity index (χ3v) is 3.73. The van der Waals surface area contributed by atoms with Crippen LogP contribution in [0.3, 0.4) is 0 Å². The minimum absolute atomic E-state index is 0.245. The highest BCUT2D eigenvalue weighted by Crippen LogP contribution is 2.22. The van der Waals surface area contributed by atoms with Crippen molar-refractivity contribution in [1.82, 2.24) is 5.32 Å². The fourth-order valence-corrected chi connectivity index (χ4v) is 2.28. The number of aliphatic hydroxyl groups excluding tert-OH is 1. The average molecular weight is 238 g/mol. The number of rotatable bonds is 6.